The van der Waals surface area contributed by atoms with Crippen LogP contribution >= 0.6 is 0 Å². The van der Waals surface area contributed by atoms with Gasteiger partial charge in [0.15, 0.2) is 0 Å². The number of hydrogen-bond acceptors (Lipinski definition) is 2. The number of benzene rings is 9. The molecule has 9 aromatic carbocycles. The van der Waals surface area contributed by atoms with Crippen LogP contribution in [0.1, 0.15) is 0 Å². The lowest BCUT2D eigenvalue weighted by molar-refractivity contribution is -0.796. The van der Waals surface area contributed by atoms with E-state index in [4.69, 9.17) is 10.2 Å². The van der Waals surface area contributed by atoms with Gasteiger partial charge in [0, 0.05) is 49.4 Å². The van der Waals surface area contributed by atoms with Crippen molar-refractivity contribution in [3.8, 4) is 89.5 Å². The summed E-state index contributed by atoms with van der Waals surface area (Å²) in [5.74, 6) is 0.588. The molecule has 0 fully saturated rings. The fourth-order valence-corrected chi connectivity index (χ4v) is 7.77. The van der Waals surface area contributed by atoms with Gasteiger partial charge in [0.1, 0.15) is 0 Å². The topological polar surface area (TPSA) is 33.5 Å². The summed E-state index contributed by atoms with van der Waals surface area (Å²) in [4.78, 5) is 0. The second-order valence-corrected chi connectivity index (χ2v) is 14.9. The summed E-state index contributed by atoms with van der Waals surface area (Å²) in [6.07, 6.45) is 2.00. The molecule has 4 heteroatoms. The molecule has 0 atom stereocenters. The summed E-state index contributed by atoms with van der Waals surface area (Å²) in [5, 5.41) is 10.8. The standard InChI is InChI=1S/C56H40N4/c1-7-19-41(20-8-1)47-31-48(42-21-9-2-10-22-42)35-53(34-47)56-57-59(54-36-49(43-23-11-3-12-24-43)32-50(37-54)44-25-13-4-14-26-44)40-60(58-56)55-38-51(45-27-15-5-16-28-45)33-52(39-55)46-29-17-6-18-30-46/h1-40H/q+2. The minimum Gasteiger partial charge on any atom is -0.0622 e. The van der Waals surface area contributed by atoms with Gasteiger partial charge in [0.05, 0.1) is 0 Å². The van der Waals surface area contributed by atoms with E-state index in [1.807, 2.05) is 15.7 Å². The summed E-state index contributed by atoms with van der Waals surface area (Å²) in [6.45, 7) is 0. The van der Waals surface area contributed by atoms with Crippen molar-refractivity contribution in [1.29, 1.82) is 0 Å². The van der Waals surface area contributed by atoms with E-state index in [9.17, 15) is 0 Å². The van der Waals surface area contributed by atoms with Gasteiger partial charge in [-0.15, -0.1) is 0 Å². The minimum absolute atomic E-state index is 0.588. The Morgan fingerprint density at radius 2 is 0.433 bits per heavy atom. The van der Waals surface area contributed by atoms with Crippen LogP contribution in [0.2, 0.25) is 0 Å². The van der Waals surface area contributed by atoms with Crippen LogP contribution in [0.25, 0.3) is 89.5 Å². The Bertz CT molecular complexity index is 2530. The van der Waals surface area contributed by atoms with Crippen molar-refractivity contribution in [1.82, 2.24) is 10.2 Å². The summed E-state index contributed by atoms with van der Waals surface area (Å²) < 4.78 is 3.96. The Labute approximate surface area is 350 Å². The average Bonchev–Trinajstić information content (AvgIpc) is 3.35. The lowest BCUT2D eigenvalue weighted by atomic mass is 9.96. The van der Waals surface area contributed by atoms with Gasteiger partial charge in [-0.1, -0.05) is 182 Å². The maximum Gasteiger partial charge on any atom is 0.469 e. The molecule has 4 nitrogen and oxygen atoms in total. The molecule has 10 rings (SSSR count). The first-order valence-electron chi connectivity index (χ1n) is 20.2. The highest BCUT2D eigenvalue weighted by Gasteiger charge is 2.27. The highest BCUT2D eigenvalue weighted by Crippen LogP contribution is 2.33. The molecular weight excluding hydrogens is 729 g/mol. The zero-order valence-electron chi connectivity index (χ0n) is 32.9. The minimum atomic E-state index is 0.588. The fraction of sp³-hybridized carbons (Fsp3) is 0. The highest BCUT2D eigenvalue weighted by atomic mass is 15.4. The van der Waals surface area contributed by atoms with Crippen molar-refractivity contribution in [3.05, 3.63) is 243 Å². The average molecular weight is 769 g/mol. The van der Waals surface area contributed by atoms with Crippen molar-refractivity contribution in [2.24, 2.45) is 0 Å². The molecule has 0 bridgehead atoms. The maximum atomic E-state index is 5.38. The van der Waals surface area contributed by atoms with E-state index in [0.29, 0.717) is 5.82 Å². The predicted molar refractivity (Wildman–Crippen MR) is 243 cm³/mol. The van der Waals surface area contributed by atoms with Crippen LogP contribution in [0, 0.1) is 0 Å². The number of rotatable bonds is 9. The molecule has 0 aliphatic heterocycles. The van der Waals surface area contributed by atoms with Crippen LogP contribution in [0.3, 0.4) is 0 Å². The van der Waals surface area contributed by atoms with Gasteiger partial charge >= 0.3 is 6.33 Å². The van der Waals surface area contributed by atoms with Gasteiger partial charge in [-0.3, -0.25) is 0 Å². The van der Waals surface area contributed by atoms with Crippen molar-refractivity contribution in [2.75, 3.05) is 0 Å². The van der Waals surface area contributed by atoms with Gasteiger partial charge in [-0.25, -0.2) is 0 Å². The quantitative estimate of drug-likeness (QED) is 0.137. The SMILES string of the molecule is c1ccc(-c2cc(-c3ccccc3)cc(-c3n[n+](-c4cc(-c5ccccc5)cc(-c5ccccc5)c4)c[n+](-c4cc(-c5ccccc5)cc(-c5ccccc5)c4)n3)c2)cc1. The van der Waals surface area contributed by atoms with Crippen molar-refractivity contribution >= 4 is 0 Å². The van der Waals surface area contributed by atoms with Crippen LogP contribution < -0.4 is 9.36 Å². The third-order valence-electron chi connectivity index (χ3n) is 10.8. The van der Waals surface area contributed by atoms with Crippen LogP contribution in [0.4, 0.5) is 0 Å². The van der Waals surface area contributed by atoms with Crippen molar-refractivity contribution < 1.29 is 9.36 Å². The Hall–Kier alpha value is -8.08. The molecule has 0 spiro atoms. The smallest absolute Gasteiger partial charge is 0.0622 e. The first kappa shape index (κ1) is 36.3. The zero-order valence-corrected chi connectivity index (χ0v) is 32.9. The van der Waals surface area contributed by atoms with Gasteiger partial charge in [-0.2, -0.15) is 0 Å². The molecule has 10 aromatic rings. The van der Waals surface area contributed by atoms with Crippen LogP contribution in [-0.2, 0) is 0 Å². The third kappa shape index (κ3) is 7.78. The van der Waals surface area contributed by atoms with Crippen molar-refractivity contribution in [2.45, 2.75) is 0 Å². The molecule has 282 valence electrons. The van der Waals surface area contributed by atoms with E-state index in [0.717, 1.165) is 83.7 Å². The summed E-state index contributed by atoms with van der Waals surface area (Å²) in [5.41, 5.74) is 16.1. The monoisotopic (exact) mass is 768 g/mol. The van der Waals surface area contributed by atoms with E-state index < -0.39 is 0 Å². The number of nitrogens with zero attached hydrogens (tertiary/aromatic N) is 4. The predicted octanol–water partition coefficient (Wildman–Crippen LogP) is 12.7. The molecule has 0 N–H and O–H groups in total. The molecule has 1 heterocycles. The van der Waals surface area contributed by atoms with Gasteiger partial charge in [-0.05, 0) is 97.1 Å². The fourth-order valence-electron chi connectivity index (χ4n) is 7.77. The van der Waals surface area contributed by atoms with E-state index in [1.165, 1.54) is 0 Å². The molecule has 1 aromatic heterocycles. The van der Waals surface area contributed by atoms with E-state index >= 15 is 0 Å². The Morgan fingerprint density at radius 1 is 0.217 bits per heavy atom. The normalized spacial score (nSPS) is 11.0. The molecular formula is C56H40N4+2. The lowest BCUT2D eigenvalue weighted by Gasteiger charge is -2.10. The van der Waals surface area contributed by atoms with Gasteiger partial charge in [0.2, 0.25) is 11.4 Å². The summed E-state index contributed by atoms with van der Waals surface area (Å²) in [7, 11) is 0. The Morgan fingerprint density at radius 3 is 0.683 bits per heavy atom. The largest absolute Gasteiger partial charge is 0.469 e. The third-order valence-corrected chi connectivity index (χ3v) is 10.8. The lowest BCUT2D eigenvalue weighted by Crippen LogP contribution is -2.50. The van der Waals surface area contributed by atoms with Crippen molar-refractivity contribution in [3.63, 3.8) is 0 Å². The molecule has 0 amide bonds. The molecule has 0 aliphatic rings. The Kier molecular flexibility index (Phi) is 9.92. The zero-order chi connectivity index (χ0) is 40.1. The maximum absolute atomic E-state index is 5.38. The second-order valence-electron chi connectivity index (χ2n) is 14.9. The van der Waals surface area contributed by atoms with E-state index in [-0.39, 0.29) is 0 Å². The van der Waals surface area contributed by atoms with Gasteiger partial charge < -0.3 is 0 Å². The number of hydrogen-bond donors (Lipinski definition) is 0. The Balaban J connectivity index is 1.24. The van der Waals surface area contributed by atoms with Crippen LogP contribution in [0.15, 0.2) is 243 Å². The molecule has 0 unspecified atom stereocenters. The summed E-state index contributed by atoms with van der Waals surface area (Å²) >= 11 is 0. The van der Waals surface area contributed by atoms with E-state index in [2.05, 4.69) is 237 Å². The number of aromatic nitrogens is 4. The molecule has 0 radical (unpaired) electrons. The summed E-state index contributed by atoms with van der Waals surface area (Å²) in [6, 6.07) is 83.3. The van der Waals surface area contributed by atoms with Crippen LogP contribution in [0.5, 0.6) is 0 Å². The molecule has 0 saturated heterocycles. The second kappa shape index (κ2) is 16.4. The molecule has 60 heavy (non-hydrogen) atoms. The molecule has 0 saturated carbocycles. The van der Waals surface area contributed by atoms with E-state index in [1.54, 1.807) is 0 Å². The first-order chi connectivity index (χ1) is 29.7. The highest BCUT2D eigenvalue weighted by molar-refractivity contribution is 5.80. The van der Waals surface area contributed by atoms with Gasteiger partial charge in [0.25, 0.3) is 5.82 Å². The molecule has 0 aliphatic carbocycles. The van der Waals surface area contributed by atoms with Crippen LogP contribution in [-0.4, -0.2) is 10.2 Å². The first-order valence-corrected chi connectivity index (χ1v) is 20.2.